The molecule has 0 spiro atoms. The Hall–Kier alpha value is -1.22. The van der Waals surface area contributed by atoms with Crippen LogP contribution in [0.4, 0.5) is 0 Å². The number of nitrogens with zero attached hydrogens (tertiary/aromatic N) is 1. The Morgan fingerprint density at radius 2 is 2.19 bits per heavy atom. The number of ether oxygens (including phenoxy) is 2. The summed E-state index contributed by atoms with van der Waals surface area (Å²) >= 11 is 0. The molecule has 2 aliphatic heterocycles. The van der Waals surface area contributed by atoms with Gasteiger partial charge in [0.1, 0.15) is 18.1 Å². The largest absolute Gasteiger partial charge is 0.496 e. The third kappa shape index (κ3) is 2.64. The first-order valence-electron chi connectivity index (χ1n) is 8.36. The van der Waals surface area contributed by atoms with Gasteiger partial charge in [-0.2, -0.15) is 0 Å². The van der Waals surface area contributed by atoms with Crippen LogP contribution < -0.4 is 9.47 Å². The molecule has 0 radical (unpaired) electrons. The molecule has 0 bridgehead atoms. The highest BCUT2D eigenvalue weighted by Gasteiger charge is 2.39. The minimum atomic E-state index is 0.521. The topological polar surface area (TPSA) is 21.7 Å². The van der Waals surface area contributed by atoms with E-state index in [-0.39, 0.29) is 0 Å². The van der Waals surface area contributed by atoms with Crippen LogP contribution in [-0.2, 0) is 6.42 Å². The monoisotopic (exact) mass is 289 g/mol. The van der Waals surface area contributed by atoms with Gasteiger partial charge in [0, 0.05) is 11.5 Å². The van der Waals surface area contributed by atoms with Gasteiger partial charge in [-0.1, -0.05) is 13.8 Å². The van der Waals surface area contributed by atoms with Crippen molar-refractivity contribution in [2.75, 3.05) is 26.8 Å². The minimum absolute atomic E-state index is 0.521. The van der Waals surface area contributed by atoms with E-state index in [9.17, 15) is 0 Å². The highest BCUT2D eigenvalue weighted by Crippen LogP contribution is 2.46. The fraction of sp³-hybridized carbons (Fsp3) is 0.667. The van der Waals surface area contributed by atoms with Crippen LogP contribution in [0.25, 0.3) is 0 Å². The number of fused-ring (bicyclic) bond motifs is 3. The van der Waals surface area contributed by atoms with E-state index in [4.69, 9.17) is 9.47 Å². The van der Waals surface area contributed by atoms with Gasteiger partial charge in [-0.05, 0) is 56.5 Å². The fourth-order valence-corrected chi connectivity index (χ4v) is 3.94. The zero-order valence-corrected chi connectivity index (χ0v) is 13.5. The van der Waals surface area contributed by atoms with Gasteiger partial charge in [-0.3, -0.25) is 4.90 Å². The van der Waals surface area contributed by atoms with Crippen molar-refractivity contribution >= 4 is 0 Å². The minimum Gasteiger partial charge on any atom is -0.496 e. The molecule has 21 heavy (non-hydrogen) atoms. The molecule has 3 heteroatoms. The van der Waals surface area contributed by atoms with Crippen molar-refractivity contribution in [1.29, 1.82) is 0 Å². The van der Waals surface area contributed by atoms with Crippen molar-refractivity contribution in [2.45, 2.75) is 51.5 Å². The second-order valence-corrected chi connectivity index (χ2v) is 6.23. The van der Waals surface area contributed by atoms with Crippen LogP contribution in [0.3, 0.4) is 0 Å². The highest BCUT2D eigenvalue weighted by molar-refractivity contribution is 5.52. The van der Waals surface area contributed by atoms with Crippen molar-refractivity contribution in [1.82, 2.24) is 4.90 Å². The number of benzene rings is 1. The van der Waals surface area contributed by atoms with Crippen LogP contribution >= 0.6 is 0 Å². The number of aryl methyl sites for hydroxylation is 1. The summed E-state index contributed by atoms with van der Waals surface area (Å²) in [7, 11) is 1.78. The molecule has 0 N–H and O–H groups in total. The quantitative estimate of drug-likeness (QED) is 0.845. The summed E-state index contributed by atoms with van der Waals surface area (Å²) < 4.78 is 11.8. The van der Waals surface area contributed by atoms with Crippen molar-refractivity contribution in [2.24, 2.45) is 0 Å². The lowest BCUT2D eigenvalue weighted by molar-refractivity contribution is 0.0645. The van der Waals surface area contributed by atoms with Crippen molar-refractivity contribution in [3.05, 3.63) is 23.3 Å². The second-order valence-electron chi connectivity index (χ2n) is 6.23. The van der Waals surface area contributed by atoms with E-state index < -0.39 is 0 Å². The lowest BCUT2D eigenvalue weighted by Gasteiger charge is -2.44. The molecule has 0 aromatic heterocycles. The first kappa shape index (κ1) is 14.7. The summed E-state index contributed by atoms with van der Waals surface area (Å²) in [4.78, 5) is 2.62. The highest BCUT2D eigenvalue weighted by atomic mass is 16.5. The van der Waals surface area contributed by atoms with Gasteiger partial charge < -0.3 is 9.47 Å². The third-order valence-corrected chi connectivity index (χ3v) is 4.98. The molecular weight excluding hydrogens is 262 g/mol. The molecular formula is C18H27NO2. The van der Waals surface area contributed by atoms with Crippen molar-refractivity contribution < 1.29 is 9.47 Å². The van der Waals surface area contributed by atoms with Gasteiger partial charge in [0.05, 0.1) is 13.2 Å². The number of methoxy groups -OCH3 is 1. The Bertz CT molecular complexity index is 481. The molecule has 3 rings (SSSR count). The van der Waals surface area contributed by atoms with Gasteiger partial charge in [0.25, 0.3) is 0 Å². The molecule has 0 saturated carbocycles. The summed E-state index contributed by atoms with van der Waals surface area (Å²) in [5, 5.41) is 0. The maximum absolute atomic E-state index is 6.13. The summed E-state index contributed by atoms with van der Waals surface area (Å²) in [5.74, 6) is 2.65. The predicted octanol–water partition coefficient (Wildman–Crippen LogP) is 3.61. The molecule has 3 nitrogen and oxygen atoms in total. The van der Waals surface area contributed by atoms with Gasteiger partial charge >= 0.3 is 0 Å². The van der Waals surface area contributed by atoms with E-state index in [0.717, 1.165) is 24.5 Å². The number of hydrogen-bond donors (Lipinski definition) is 0. The number of hydrogen-bond acceptors (Lipinski definition) is 3. The van der Waals surface area contributed by atoms with E-state index in [1.165, 1.54) is 43.5 Å². The molecule has 2 aliphatic rings. The molecule has 2 heterocycles. The Morgan fingerprint density at radius 1 is 1.33 bits per heavy atom. The van der Waals surface area contributed by atoms with Crippen LogP contribution in [0.2, 0.25) is 0 Å². The first-order valence-corrected chi connectivity index (χ1v) is 8.36. The van der Waals surface area contributed by atoms with Crippen LogP contribution in [0.5, 0.6) is 11.5 Å². The maximum Gasteiger partial charge on any atom is 0.126 e. The molecule has 0 aliphatic carbocycles. The molecule has 2 atom stereocenters. The number of likely N-dealkylation sites (tertiary alicyclic amines) is 1. The van der Waals surface area contributed by atoms with Crippen LogP contribution in [-0.4, -0.2) is 37.7 Å². The molecule has 0 amide bonds. The van der Waals surface area contributed by atoms with Gasteiger partial charge in [0.2, 0.25) is 0 Å². The summed E-state index contributed by atoms with van der Waals surface area (Å²) in [5.41, 5.74) is 2.61. The van der Waals surface area contributed by atoms with Crippen molar-refractivity contribution in [3.63, 3.8) is 0 Å². The predicted molar refractivity (Wildman–Crippen MR) is 85.5 cm³/mol. The van der Waals surface area contributed by atoms with E-state index in [1.807, 2.05) is 0 Å². The second kappa shape index (κ2) is 6.27. The van der Waals surface area contributed by atoms with E-state index in [1.54, 1.807) is 7.11 Å². The summed E-state index contributed by atoms with van der Waals surface area (Å²) in [6.45, 7) is 7.65. The molecule has 1 fully saturated rings. The van der Waals surface area contributed by atoms with E-state index in [2.05, 4.69) is 30.9 Å². The maximum atomic E-state index is 6.13. The lowest BCUT2D eigenvalue weighted by atomic mass is 9.80. The molecule has 0 unspecified atom stereocenters. The Kier molecular flexibility index (Phi) is 4.39. The first-order chi connectivity index (χ1) is 10.3. The van der Waals surface area contributed by atoms with E-state index in [0.29, 0.717) is 12.0 Å². The van der Waals surface area contributed by atoms with Crippen LogP contribution in [0.1, 0.15) is 50.2 Å². The van der Waals surface area contributed by atoms with Crippen LogP contribution in [0.15, 0.2) is 12.1 Å². The Labute approximate surface area is 128 Å². The number of piperidine rings is 1. The smallest absolute Gasteiger partial charge is 0.126 e. The lowest BCUT2D eigenvalue weighted by Crippen LogP contribution is -2.49. The SMILES string of the molecule is CCCN1CCC[C@@H]2c3c(OC)cc(CC)cc3OC[C@H]21. The fourth-order valence-electron chi connectivity index (χ4n) is 3.94. The average molecular weight is 289 g/mol. The van der Waals surface area contributed by atoms with Gasteiger partial charge in [-0.15, -0.1) is 0 Å². The molecule has 1 aromatic rings. The molecule has 1 saturated heterocycles. The molecule has 1 aromatic carbocycles. The average Bonchev–Trinajstić information content (AvgIpc) is 2.53. The number of rotatable bonds is 4. The van der Waals surface area contributed by atoms with Gasteiger partial charge in [0.15, 0.2) is 0 Å². The van der Waals surface area contributed by atoms with Crippen molar-refractivity contribution in [3.8, 4) is 11.5 Å². The standard InChI is InChI=1S/C18H27NO2/c1-4-8-19-9-6-7-14-15(19)12-21-17-11-13(5-2)10-16(20-3)18(14)17/h10-11,14-15H,4-9,12H2,1-3H3/t14-,15+/m0/s1. The van der Waals surface area contributed by atoms with E-state index >= 15 is 0 Å². The van der Waals surface area contributed by atoms with Crippen LogP contribution in [0, 0.1) is 0 Å². The normalized spacial score (nSPS) is 24.9. The third-order valence-electron chi connectivity index (χ3n) is 4.98. The Morgan fingerprint density at radius 3 is 2.90 bits per heavy atom. The summed E-state index contributed by atoms with van der Waals surface area (Å²) in [6, 6.07) is 4.93. The summed E-state index contributed by atoms with van der Waals surface area (Å²) in [6.07, 6.45) is 4.76. The zero-order chi connectivity index (χ0) is 14.8. The zero-order valence-electron chi connectivity index (χ0n) is 13.5. The molecule has 116 valence electrons. The van der Waals surface area contributed by atoms with Gasteiger partial charge in [-0.25, -0.2) is 0 Å². The Balaban J connectivity index is 1.98.